The number of carbonyl (C=O) groups excluding carboxylic acids is 2. The summed E-state index contributed by atoms with van der Waals surface area (Å²) in [5, 5.41) is 6.60. The predicted octanol–water partition coefficient (Wildman–Crippen LogP) is 7.37. The fourth-order valence-corrected chi connectivity index (χ4v) is 5.11. The smallest absolute Gasteiger partial charge is 0.264 e. The number of rotatable bonds is 8. The maximum Gasteiger partial charge on any atom is 0.264 e. The highest BCUT2D eigenvalue weighted by atomic mass is 79.9. The third kappa shape index (κ3) is 7.11. The van der Waals surface area contributed by atoms with Crippen LogP contribution in [0.2, 0.25) is 10.0 Å². The predicted molar refractivity (Wildman–Crippen MR) is 158 cm³/mol. The quantitative estimate of drug-likeness (QED) is 0.253. The van der Waals surface area contributed by atoms with Gasteiger partial charge in [0.15, 0.2) is 23.3 Å². The molecule has 1 fully saturated rings. The molecule has 2 amide bonds. The third-order valence-electron chi connectivity index (χ3n) is 5.12. The van der Waals surface area contributed by atoms with Crippen molar-refractivity contribution in [1.82, 2.24) is 5.32 Å². The lowest BCUT2D eigenvalue weighted by molar-refractivity contribution is -0.118. The molecule has 1 aliphatic heterocycles. The maximum atomic E-state index is 12.6. The van der Waals surface area contributed by atoms with Crippen LogP contribution in [0.3, 0.4) is 0 Å². The molecule has 0 saturated carbocycles. The van der Waals surface area contributed by atoms with Crippen LogP contribution in [0.15, 0.2) is 69.0 Å². The van der Waals surface area contributed by atoms with Gasteiger partial charge in [-0.1, -0.05) is 47.0 Å². The van der Waals surface area contributed by atoms with E-state index in [-0.39, 0.29) is 18.4 Å². The second kappa shape index (κ2) is 12.7. The molecular weight excluding hydrogens is 613 g/mol. The summed E-state index contributed by atoms with van der Waals surface area (Å²) in [7, 11) is 0. The van der Waals surface area contributed by atoms with Crippen molar-refractivity contribution in [2.24, 2.45) is 4.99 Å². The van der Waals surface area contributed by atoms with E-state index in [1.165, 1.54) is 11.8 Å². The number of nitrogens with zero attached hydrogens (tertiary/aromatic N) is 1. The van der Waals surface area contributed by atoms with E-state index in [0.29, 0.717) is 59.6 Å². The molecule has 1 aliphatic rings. The first-order valence-electron chi connectivity index (χ1n) is 11.4. The Hall–Kier alpha value is -2.98. The fourth-order valence-electron chi connectivity index (χ4n) is 3.37. The van der Waals surface area contributed by atoms with Gasteiger partial charge >= 0.3 is 0 Å². The van der Waals surface area contributed by atoms with E-state index >= 15 is 0 Å². The summed E-state index contributed by atoms with van der Waals surface area (Å²) in [6.45, 7) is 3.99. The molecular formula is C27H22BrCl2N3O4S. The zero-order valence-electron chi connectivity index (χ0n) is 20.3. The van der Waals surface area contributed by atoms with Gasteiger partial charge in [-0.05, 0) is 89.6 Å². The summed E-state index contributed by atoms with van der Waals surface area (Å²) in [6.07, 6.45) is 1.71. The number of nitrogens with one attached hydrogen (secondary N) is 2. The monoisotopic (exact) mass is 633 g/mol. The lowest BCUT2D eigenvalue weighted by Gasteiger charge is -2.15. The SMILES string of the molecule is CCOc1cc(/C=C2/SC(=Nc3cccc(Cl)c3Cl)NC2=O)cc(Br)c1OCC(=O)Nc1ccc(C)cc1. The number of amides is 2. The van der Waals surface area contributed by atoms with Crippen molar-refractivity contribution in [1.29, 1.82) is 0 Å². The van der Waals surface area contributed by atoms with Crippen LogP contribution >= 0.6 is 50.9 Å². The van der Waals surface area contributed by atoms with Crippen molar-refractivity contribution in [2.75, 3.05) is 18.5 Å². The van der Waals surface area contributed by atoms with Gasteiger partial charge in [0, 0.05) is 5.69 Å². The average molecular weight is 635 g/mol. The van der Waals surface area contributed by atoms with Gasteiger partial charge in [-0.2, -0.15) is 0 Å². The molecule has 1 saturated heterocycles. The molecule has 7 nitrogen and oxygen atoms in total. The molecule has 0 bridgehead atoms. The summed E-state index contributed by atoms with van der Waals surface area (Å²) >= 11 is 17.0. The van der Waals surface area contributed by atoms with Crippen LogP contribution < -0.4 is 20.1 Å². The number of halogens is 3. The number of amidine groups is 1. The molecule has 0 aliphatic carbocycles. The lowest BCUT2D eigenvalue weighted by atomic mass is 10.2. The molecule has 196 valence electrons. The molecule has 2 N–H and O–H groups in total. The topological polar surface area (TPSA) is 89.0 Å². The van der Waals surface area contributed by atoms with Gasteiger partial charge in [0.25, 0.3) is 11.8 Å². The molecule has 0 spiro atoms. The molecule has 0 unspecified atom stereocenters. The Morgan fingerprint density at radius 2 is 1.92 bits per heavy atom. The van der Waals surface area contributed by atoms with Crippen LogP contribution in [0.1, 0.15) is 18.1 Å². The zero-order valence-corrected chi connectivity index (χ0v) is 24.2. The Labute approximate surface area is 242 Å². The first-order valence-corrected chi connectivity index (χ1v) is 13.8. The van der Waals surface area contributed by atoms with E-state index in [4.69, 9.17) is 32.7 Å². The number of ether oxygens (including phenoxy) is 2. The molecule has 11 heteroatoms. The first kappa shape index (κ1) is 28.0. The Bertz CT molecular complexity index is 1440. The Morgan fingerprint density at radius 3 is 2.66 bits per heavy atom. The van der Waals surface area contributed by atoms with E-state index in [1.807, 2.05) is 38.1 Å². The molecule has 0 aromatic heterocycles. The molecule has 3 aromatic carbocycles. The number of aliphatic imine (C=N–C) groups is 1. The van der Waals surface area contributed by atoms with Gasteiger partial charge < -0.3 is 20.1 Å². The van der Waals surface area contributed by atoms with E-state index in [0.717, 1.165) is 5.56 Å². The second-order valence-corrected chi connectivity index (χ2v) is 10.7. The average Bonchev–Trinajstić information content (AvgIpc) is 3.21. The van der Waals surface area contributed by atoms with Crippen molar-refractivity contribution in [3.8, 4) is 11.5 Å². The Balaban J connectivity index is 1.50. The van der Waals surface area contributed by atoms with Gasteiger partial charge in [0.05, 0.1) is 31.7 Å². The number of hydrogen-bond acceptors (Lipinski definition) is 6. The zero-order chi connectivity index (χ0) is 27.2. The fraction of sp³-hybridized carbons (Fsp3) is 0.148. The van der Waals surface area contributed by atoms with Crippen LogP contribution in [0, 0.1) is 6.92 Å². The molecule has 38 heavy (non-hydrogen) atoms. The van der Waals surface area contributed by atoms with Crippen molar-refractivity contribution < 1.29 is 19.1 Å². The standard InChI is InChI=1S/C27H22BrCl2N3O4S/c1-3-36-21-12-16(11-18(28)25(21)37-14-23(34)31-17-9-7-15(2)8-10-17)13-22-26(35)33-27(38-22)32-20-6-4-5-19(29)24(20)30/h4-13H,3,14H2,1-2H3,(H,31,34)(H,32,33,35)/b22-13+. The van der Waals surface area contributed by atoms with Crippen LogP contribution in [-0.2, 0) is 9.59 Å². The summed E-state index contributed by atoms with van der Waals surface area (Å²) in [4.78, 5) is 29.8. The number of hydrogen-bond donors (Lipinski definition) is 2. The summed E-state index contributed by atoms with van der Waals surface area (Å²) < 4.78 is 12.1. The van der Waals surface area contributed by atoms with Crippen molar-refractivity contribution in [2.45, 2.75) is 13.8 Å². The van der Waals surface area contributed by atoms with Gasteiger partial charge in [0.2, 0.25) is 0 Å². The molecule has 3 aromatic rings. The molecule has 1 heterocycles. The maximum absolute atomic E-state index is 12.6. The van der Waals surface area contributed by atoms with Gasteiger partial charge in [-0.25, -0.2) is 4.99 Å². The number of benzene rings is 3. The van der Waals surface area contributed by atoms with Crippen molar-refractivity contribution in [3.05, 3.63) is 85.1 Å². The van der Waals surface area contributed by atoms with Crippen molar-refractivity contribution >= 4 is 85.3 Å². The number of aryl methyl sites for hydroxylation is 1. The lowest BCUT2D eigenvalue weighted by Crippen LogP contribution is -2.20. The summed E-state index contributed by atoms with van der Waals surface area (Å²) in [5.41, 5.74) is 2.93. The molecule has 0 radical (unpaired) electrons. The first-order chi connectivity index (χ1) is 18.2. The number of thioether (sulfide) groups is 1. The summed E-state index contributed by atoms with van der Waals surface area (Å²) in [6, 6.07) is 16.1. The minimum Gasteiger partial charge on any atom is -0.490 e. The highest BCUT2D eigenvalue weighted by Gasteiger charge is 2.25. The third-order valence-corrected chi connectivity index (χ3v) is 7.42. The van der Waals surface area contributed by atoms with Crippen LogP contribution in [0.25, 0.3) is 6.08 Å². The Kier molecular flexibility index (Phi) is 9.38. The molecule has 0 atom stereocenters. The second-order valence-electron chi connectivity index (χ2n) is 8.02. The van der Waals surface area contributed by atoms with E-state index in [2.05, 4.69) is 31.6 Å². The van der Waals surface area contributed by atoms with E-state index < -0.39 is 0 Å². The molecule has 4 rings (SSSR count). The highest BCUT2D eigenvalue weighted by molar-refractivity contribution is 9.10. The minimum absolute atomic E-state index is 0.211. The van der Waals surface area contributed by atoms with Gasteiger partial charge in [0.1, 0.15) is 0 Å². The van der Waals surface area contributed by atoms with E-state index in [1.54, 1.807) is 36.4 Å². The van der Waals surface area contributed by atoms with Crippen LogP contribution in [-0.4, -0.2) is 30.2 Å². The normalized spacial score (nSPS) is 15.0. The number of anilines is 1. The Morgan fingerprint density at radius 1 is 1.16 bits per heavy atom. The van der Waals surface area contributed by atoms with Crippen LogP contribution in [0.5, 0.6) is 11.5 Å². The van der Waals surface area contributed by atoms with Gasteiger partial charge in [-0.3, -0.25) is 9.59 Å². The largest absolute Gasteiger partial charge is 0.490 e. The summed E-state index contributed by atoms with van der Waals surface area (Å²) in [5.74, 6) is 0.212. The van der Waals surface area contributed by atoms with E-state index in [9.17, 15) is 9.59 Å². The minimum atomic E-state index is -0.306. The highest BCUT2D eigenvalue weighted by Crippen LogP contribution is 2.39. The van der Waals surface area contributed by atoms with Gasteiger partial charge in [-0.15, -0.1) is 0 Å². The van der Waals surface area contributed by atoms with Crippen LogP contribution in [0.4, 0.5) is 11.4 Å². The van der Waals surface area contributed by atoms with Crippen molar-refractivity contribution in [3.63, 3.8) is 0 Å². The number of carbonyl (C=O) groups is 2.